The van der Waals surface area contributed by atoms with Gasteiger partial charge in [-0.05, 0) is 67.6 Å². The van der Waals surface area contributed by atoms with E-state index in [1.165, 1.54) is 12.1 Å². The van der Waals surface area contributed by atoms with Crippen molar-refractivity contribution in [3.63, 3.8) is 0 Å². The molecule has 0 saturated heterocycles. The maximum Gasteiger partial charge on any atom is 0.277 e. The Morgan fingerprint density at radius 2 is 1.89 bits per heavy atom. The van der Waals surface area contributed by atoms with Gasteiger partial charge in [0, 0.05) is 6.54 Å². The highest BCUT2D eigenvalue weighted by Gasteiger charge is 2.35. The Bertz CT molecular complexity index is 998. The number of amidine groups is 1. The molecule has 2 aromatic rings. The fourth-order valence-corrected chi connectivity index (χ4v) is 3.44. The van der Waals surface area contributed by atoms with Gasteiger partial charge in [-0.25, -0.2) is 14.4 Å². The highest BCUT2D eigenvalue weighted by molar-refractivity contribution is 6.70. The molecule has 1 amide bonds. The summed E-state index contributed by atoms with van der Waals surface area (Å²) in [5, 5.41) is 12.3. The van der Waals surface area contributed by atoms with Crippen LogP contribution in [0.5, 0.6) is 0 Å². The van der Waals surface area contributed by atoms with E-state index in [2.05, 4.69) is 15.3 Å². The van der Waals surface area contributed by atoms with Gasteiger partial charge in [0.15, 0.2) is 11.5 Å². The second kappa shape index (κ2) is 7.16. The summed E-state index contributed by atoms with van der Waals surface area (Å²) < 4.78 is 13.1. The smallest absolute Gasteiger partial charge is 0.277 e. The zero-order valence-electron chi connectivity index (χ0n) is 15.7. The van der Waals surface area contributed by atoms with Gasteiger partial charge in [0.25, 0.3) is 5.91 Å². The number of fused-ring (bicyclic) bond motifs is 2. The number of halogens is 1. The number of carbonyl (C=O) groups excluding carboxylic acids is 1. The summed E-state index contributed by atoms with van der Waals surface area (Å²) in [6, 6.07) is 10.4. The van der Waals surface area contributed by atoms with Crippen LogP contribution in [0.1, 0.15) is 23.1 Å². The standard InChI is InChI=1S/C21H21FN4O2/c1-12-10-16-17(11-13(12)2)26(9-3-4-14-5-7-15(22)8-6-14)19-18(23-16)20(27)25-21(28)24-19/h5-8,10-11,21,28H,3-4,9H2,1-2H3,(H,25,27). The Morgan fingerprint density at radius 3 is 2.64 bits per heavy atom. The molecule has 1 atom stereocenters. The zero-order valence-corrected chi connectivity index (χ0v) is 15.7. The predicted molar refractivity (Wildman–Crippen MR) is 107 cm³/mol. The number of aliphatic hydroxyl groups is 1. The van der Waals surface area contributed by atoms with E-state index in [4.69, 9.17) is 0 Å². The van der Waals surface area contributed by atoms with Gasteiger partial charge in [-0.3, -0.25) is 4.79 Å². The van der Waals surface area contributed by atoms with Crippen LogP contribution >= 0.6 is 0 Å². The van der Waals surface area contributed by atoms with Crippen LogP contribution < -0.4 is 10.2 Å². The number of aliphatic imine (C=N–C) groups is 2. The van der Waals surface area contributed by atoms with Gasteiger partial charge in [-0.2, -0.15) is 0 Å². The van der Waals surface area contributed by atoms with Crippen molar-refractivity contribution in [2.24, 2.45) is 9.98 Å². The molecule has 0 spiro atoms. The summed E-state index contributed by atoms with van der Waals surface area (Å²) in [6.07, 6.45) is 0.238. The number of hydrogen-bond acceptors (Lipinski definition) is 5. The molecule has 2 aliphatic heterocycles. The lowest BCUT2D eigenvalue weighted by molar-refractivity contribution is -0.117. The average Bonchev–Trinajstić information content (AvgIpc) is 2.65. The van der Waals surface area contributed by atoms with Crippen molar-refractivity contribution < 1.29 is 14.3 Å². The highest BCUT2D eigenvalue weighted by atomic mass is 19.1. The summed E-state index contributed by atoms with van der Waals surface area (Å²) in [7, 11) is 0. The van der Waals surface area contributed by atoms with E-state index in [1.807, 2.05) is 30.9 Å². The van der Waals surface area contributed by atoms with Gasteiger partial charge in [0.05, 0.1) is 11.4 Å². The lowest BCUT2D eigenvalue weighted by Crippen LogP contribution is -2.53. The van der Waals surface area contributed by atoms with Crippen molar-refractivity contribution in [2.45, 2.75) is 33.0 Å². The fourth-order valence-electron chi connectivity index (χ4n) is 3.44. The molecule has 7 heteroatoms. The molecular formula is C21H21FN4O2. The number of nitrogens with zero attached hydrogens (tertiary/aromatic N) is 3. The third-order valence-electron chi connectivity index (χ3n) is 5.06. The molecular weight excluding hydrogens is 359 g/mol. The van der Waals surface area contributed by atoms with Crippen molar-refractivity contribution in [2.75, 3.05) is 11.4 Å². The van der Waals surface area contributed by atoms with E-state index in [0.29, 0.717) is 18.1 Å². The van der Waals surface area contributed by atoms with Gasteiger partial charge in [0.1, 0.15) is 5.82 Å². The van der Waals surface area contributed by atoms with Crippen LogP contribution in [-0.2, 0) is 11.2 Å². The summed E-state index contributed by atoms with van der Waals surface area (Å²) in [6.45, 7) is 4.61. The first-order valence-corrected chi connectivity index (χ1v) is 9.21. The molecule has 0 saturated carbocycles. The zero-order chi connectivity index (χ0) is 19.8. The summed E-state index contributed by atoms with van der Waals surface area (Å²) in [4.78, 5) is 23.0. The lowest BCUT2D eigenvalue weighted by atomic mass is 10.0. The average molecular weight is 380 g/mol. The first-order valence-electron chi connectivity index (χ1n) is 9.21. The van der Waals surface area contributed by atoms with Crippen LogP contribution in [0.15, 0.2) is 46.4 Å². The third kappa shape index (κ3) is 3.41. The first kappa shape index (κ1) is 18.3. The monoisotopic (exact) mass is 380 g/mol. The Morgan fingerprint density at radius 1 is 1.18 bits per heavy atom. The third-order valence-corrected chi connectivity index (χ3v) is 5.06. The summed E-state index contributed by atoms with van der Waals surface area (Å²) in [5.41, 5.74) is 5.03. The molecule has 0 fully saturated rings. The Kier molecular flexibility index (Phi) is 4.68. The van der Waals surface area contributed by atoms with E-state index < -0.39 is 12.3 Å². The van der Waals surface area contributed by atoms with Gasteiger partial charge < -0.3 is 15.3 Å². The van der Waals surface area contributed by atoms with Gasteiger partial charge in [0.2, 0.25) is 6.35 Å². The number of hydrogen-bond donors (Lipinski definition) is 2. The van der Waals surface area contributed by atoms with Crippen molar-refractivity contribution in [3.8, 4) is 0 Å². The van der Waals surface area contributed by atoms with Crippen molar-refractivity contribution >= 4 is 28.8 Å². The molecule has 1 unspecified atom stereocenters. The molecule has 0 aliphatic carbocycles. The van der Waals surface area contributed by atoms with Crippen LogP contribution in [0.3, 0.4) is 0 Å². The number of carbonyl (C=O) groups is 1. The molecule has 0 radical (unpaired) electrons. The minimum atomic E-state index is -1.28. The number of aryl methyl sites for hydroxylation is 3. The van der Waals surface area contributed by atoms with Crippen LogP contribution in [0, 0.1) is 19.7 Å². The van der Waals surface area contributed by atoms with Crippen molar-refractivity contribution in [3.05, 3.63) is 58.9 Å². The number of amides is 1. The molecule has 2 heterocycles. The molecule has 2 N–H and O–H groups in total. The minimum absolute atomic E-state index is 0.211. The van der Waals surface area contributed by atoms with Crippen molar-refractivity contribution in [1.82, 2.24) is 5.32 Å². The molecule has 2 aromatic carbocycles. The second-order valence-electron chi connectivity index (χ2n) is 7.07. The van der Waals surface area contributed by atoms with Gasteiger partial charge in [-0.15, -0.1) is 0 Å². The van der Waals surface area contributed by atoms with Crippen LogP contribution in [-0.4, -0.2) is 35.5 Å². The quantitative estimate of drug-likeness (QED) is 0.856. The van der Waals surface area contributed by atoms with E-state index in [-0.39, 0.29) is 11.5 Å². The largest absolute Gasteiger partial charge is 0.355 e. The normalized spacial score (nSPS) is 18.1. The maximum atomic E-state index is 13.1. The predicted octanol–water partition coefficient (Wildman–Crippen LogP) is 2.77. The number of benzene rings is 2. The molecule has 6 nitrogen and oxygen atoms in total. The number of nitrogens with one attached hydrogen (secondary N) is 1. The van der Waals surface area contributed by atoms with Gasteiger partial charge in [-0.1, -0.05) is 12.1 Å². The molecule has 28 heavy (non-hydrogen) atoms. The summed E-state index contributed by atoms with van der Waals surface area (Å²) in [5.74, 6) is -0.312. The van der Waals surface area contributed by atoms with Crippen molar-refractivity contribution in [1.29, 1.82) is 0 Å². The van der Waals surface area contributed by atoms with E-state index >= 15 is 0 Å². The van der Waals surface area contributed by atoms with Crippen LogP contribution in [0.2, 0.25) is 0 Å². The molecule has 144 valence electrons. The van der Waals surface area contributed by atoms with Crippen LogP contribution in [0.25, 0.3) is 0 Å². The second-order valence-corrected chi connectivity index (χ2v) is 7.07. The first-order chi connectivity index (χ1) is 13.4. The number of anilines is 1. The Balaban J connectivity index is 1.65. The number of rotatable bonds is 4. The lowest BCUT2D eigenvalue weighted by Gasteiger charge is -2.34. The minimum Gasteiger partial charge on any atom is -0.355 e. The highest BCUT2D eigenvalue weighted by Crippen LogP contribution is 2.36. The number of aliphatic hydroxyl groups excluding tert-OH is 1. The molecule has 0 aromatic heterocycles. The Hall–Kier alpha value is -3.06. The molecule has 0 bridgehead atoms. The fraction of sp³-hybridized carbons (Fsp3) is 0.286. The van der Waals surface area contributed by atoms with E-state index in [9.17, 15) is 14.3 Å². The van der Waals surface area contributed by atoms with E-state index in [1.54, 1.807) is 12.1 Å². The SMILES string of the molecule is Cc1cc2c(cc1C)N(CCCc1ccc(F)cc1)C1=NC(O)NC(=O)C1=N2. The molecule has 2 aliphatic rings. The topological polar surface area (TPSA) is 77.3 Å². The van der Waals surface area contributed by atoms with Gasteiger partial charge >= 0.3 is 0 Å². The maximum absolute atomic E-state index is 13.1. The Labute approximate surface area is 162 Å². The van der Waals surface area contributed by atoms with Crippen LogP contribution in [0.4, 0.5) is 15.8 Å². The van der Waals surface area contributed by atoms with E-state index in [0.717, 1.165) is 35.2 Å². The summed E-state index contributed by atoms with van der Waals surface area (Å²) >= 11 is 0. The molecule has 4 rings (SSSR count).